The van der Waals surface area contributed by atoms with Gasteiger partial charge in [0.15, 0.2) is 0 Å². The smallest absolute Gasteiger partial charge is 0.324 e. The van der Waals surface area contributed by atoms with E-state index in [1.54, 1.807) is 0 Å². The first-order chi connectivity index (χ1) is 7.70. The van der Waals surface area contributed by atoms with Gasteiger partial charge < -0.3 is 11.1 Å². The fraction of sp³-hybridized carbons (Fsp3) is 0.818. The van der Waals surface area contributed by atoms with Crippen molar-refractivity contribution in [2.24, 2.45) is 5.73 Å². The van der Waals surface area contributed by atoms with Crippen molar-refractivity contribution in [3.63, 3.8) is 0 Å². The topological polar surface area (TPSA) is 75.4 Å². The van der Waals surface area contributed by atoms with Gasteiger partial charge in [0.1, 0.15) is 6.04 Å². The van der Waals surface area contributed by atoms with Gasteiger partial charge in [-0.05, 0) is 25.8 Å². The number of nitrogens with two attached hydrogens (primary N) is 1. The number of nitrogens with zero attached hydrogens (tertiary/aromatic N) is 1. The lowest BCUT2D eigenvalue weighted by molar-refractivity contribution is -0.127. The van der Waals surface area contributed by atoms with Gasteiger partial charge in [-0.25, -0.2) is 4.79 Å². The summed E-state index contributed by atoms with van der Waals surface area (Å²) in [6.45, 7) is 3.19. The van der Waals surface area contributed by atoms with E-state index in [9.17, 15) is 9.59 Å². The van der Waals surface area contributed by atoms with Crippen molar-refractivity contribution < 1.29 is 9.59 Å². The molecule has 0 bridgehead atoms. The number of hydrogen-bond acceptors (Lipinski definition) is 3. The molecule has 5 heteroatoms. The number of imide groups is 1. The molecular weight excluding hydrogens is 206 g/mol. The summed E-state index contributed by atoms with van der Waals surface area (Å²) < 4.78 is 0. The molecule has 0 aliphatic carbocycles. The Labute approximate surface area is 96.4 Å². The number of carbonyl (C=O) groups excluding carboxylic acids is 2. The third-order valence-corrected chi connectivity index (χ3v) is 2.77. The molecule has 1 fully saturated rings. The molecule has 0 radical (unpaired) electrons. The normalized spacial score (nSPS) is 20.4. The highest BCUT2D eigenvalue weighted by Crippen LogP contribution is 2.12. The molecule has 5 nitrogen and oxygen atoms in total. The van der Waals surface area contributed by atoms with E-state index in [1.165, 1.54) is 4.90 Å². The Morgan fingerprint density at radius 3 is 2.69 bits per heavy atom. The quantitative estimate of drug-likeness (QED) is 0.500. The number of urea groups is 1. The summed E-state index contributed by atoms with van der Waals surface area (Å²) in [5, 5.41) is 2.71. The zero-order valence-electron chi connectivity index (χ0n) is 9.87. The molecule has 1 unspecified atom stereocenters. The number of rotatable bonds is 7. The van der Waals surface area contributed by atoms with E-state index in [-0.39, 0.29) is 18.0 Å². The van der Waals surface area contributed by atoms with Crippen molar-refractivity contribution in [2.45, 2.75) is 45.1 Å². The molecule has 1 atom stereocenters. The minimum Gasteiger partial charge on any atom is -0.330 e. The minimum absolute atomic E-state index is 0.0698. The largest absolute Gasteiger partial charge is 0.330 e. The van der Waals surface area contributed by atoms with Gasteiger partial charge in [-0.3, -0.25) is 9.69 Å². The van der Waals surface area contributed by atoms with Gasteiger partial charge in [-0.1, -0.05) is 19.8 Å². The molecule has 1 saturated heterocycles. The average Bonchev–Trinajstić information content (AvgIpc) is 2.52. The van der Waals surface area contributed by atoms with Crippen LogP contribution in [0, 0.1) is 0 Å². The summed E-state index contributed by atoms with van der Waals surface area (Å²) in [7, 11) is 0. The molecule has 3 N–H and O–H groups in total. The molecule has 0 aromatic rings. The average molecular weight is 227 g/mol. The van der Waals surface area contributed by atoms with E-state index in [0.29, 0.717) is 13.1 Å². The zero-order chi connectivity index (χ0) is 12.0. The predicted molar refractivity (Wildman–Crippen MR) is 61.8 cm³/mol. The Morgan fingerprint density at radius 1 is 1.31 bits per heavy atom. The minimum atomic E-state index is -0.299. The van der Waals surface area contributed by atoms with Crippen molar-refractivity contribution in [3.8, 4) is 0 Å². The molecular formula is C11H21N3O2. The first-order valence-corrected chi connectivity index (χ1v) is 6.02. The molecule has 0 spiro atoms. The first-order valence-electron chi connectivity index (χ1n) is 6.02. The van der Waals surface area contributed by atoms with Crippen LogP contribution in [0.5, 0.6) is 0 Å². The van der Waals surface area contributed by atoms with Crippen LogP contribution in [-0.2, 0) is 4.79 Å². The fourth-order valence-corrected chi connectivity index (χ4v) is 1.86. The Kier molecular flexibility index (Phi) is 5.25. The number of hydrogen-bond donors (Lipinski definition) is 2. The van der Waals surface area contributed by atoms with Gasteiger partial charge in [0, 0.05) is 6.54 Å². The Hall–Kier alpha value is -1.10. The van der Waals surface area contributed by atoms with Crippen molar-refractivity contribution in [1.29, 1.82) is 0 Å². The Balaban J connectivity index is 2.36. The highest BCUT2D eigenvalue weighted by molar-refractivity contribution is 6.04. The molecule has 1 heterocycles. The maximum absolute atomic E-state index is 11.8. The van der Waals surface area contributed by atoms with E-state index in [0.717, 1.165) is 32.1 Å². The lowest BCUT2D eigenvalue weighted by Gasteiger charge is -2.12. The van der Waals surface area contributed by atoms with E-state index >= 15 is 0 Å². The van der Waals surface area contributed by atoms with Gasteiger partial charge in [0.25, 0.3) is 5.91 Å². The lowest BCUT2D eigenvalue weighted by atomic mass is 10.1. The highest BCUT2D eigenvalue weighted by atomic mass is 16.2. The summed E-state index contributed by atoms with van der Waals surface area (Å²) >= 11 is 0. The summed E-state index contributed by atoms with van der Waals surface area (Å²) in [4.78, 5) is 24.6. The van der Waals surface area contributed by atoms with Crippen molar-refractivity contribution in [2.75, 3.05) is 13.1 Å². The van der Waals surface area contributed by atoms with Crippen LogP contribution in [0.25, 0.3) is 0 Å². The van der Waals surface area contributed by atoms with Crippen LogP contribution in [0.2, 0.25) is 0 Å². The second-order valence-electron chi connectivity index (χ2n) is 4.13. The summed E-state index contributed by atoms with van der Waals surface area (Å²) in [6, 6.07) is -0.539. The van der Waals surface area contributed by atoms with Gasteiger partial charge in [0.2, 0.25) is 0 Å². The zero-order valence-corrected chi connectivity index (χ0v) is 9.87. The number of nitrogens with one attached hydrogen (secondary N) is 1. The second-order valence-corrected chi connectivity index (χ2v) is 4.13. The summed E-state index contributed by atoms with van der Waals surface area (Å²) in [5.74, 6) is -0.0698. The molecule has 92 valence electrons. The number of amides is 3. The van der Waals surface area contributed by atoms with Crippen LogP contribution >= 0.6 is 0 Å². The fourth-order valence-electron chi connectivity index (χ4n) is 1.86. The summed E-state index contributed by atoms with van der Waals surface area (Å²) in [6.07, 6.45) is 4.38. The highest BCUT2D eigenvalue weighted by Gasteiger charge is 2.36. The van der Waals surface area contributed by atoms with E-state index in [1.807, 2.05) is 6.92 Å². The van der Waals surface area contributed by atoms with Crippen LogP contribution in [0.3, 0.4) is 0 Å². The first kappa shape index (κ1) is 13.0. The number of unbranched alkanes of at least 4 members (excludes halogenated alkanes) is 2. The molecule has 0 aromatic heterocycles. The van der Waals surface area contributed by atoms with Crippen molar-refractivity contribution in [1.82, 2.24) is 10.2 Å². The molecule has 3 amide bonds. The van der Waals surface area contributed by atoms with E-state index in [4.69, 9.17) is 5.73 Å². The predicted octanol–water partition coefficient (Wildman–Crippen LogP) is 0.836. The second kappa shape index (κ2) is 6.48. The van der Waals surface area contributed by atoms with Gasteiger partial charge in [-0.2, -0.15) is 0 Å². The van der Waals surface area contributed by atoms with Crippen LogP contribution in [0.4, 0.5) is 4.79 Å². The maximum Gasteiger partial charge on any atom is 0.324 e. The van der Waals surface area contributed by atoms with Gasteiger partial charge in [-0.15, -0.1) is 0 Å². The van der Waals surface area contributed by atoms with Gasteiger partial charge >= 0.3 is 6.03 Å². The van der Waals surface area contributed by atoms with E-state index < -0.39 is 0 Å². The van der Waals surface area contributed by atoms with Crippen LogP contribution in [0.15, 0.2) is 0 Å². The monoisotopic (exact) mass is 227 g/mol. The molecule has 0 saturated carbocycles. The lowest BCUT2D eigenvalue weighted by Crippen LogP contribution is -2.32. The van der Waals surface area contributed by atoms with E-state index in [2.05, 4.69) is 5.32 Å². The van der Waals surface area contributed by atoms with Crippen molar-refractivity contribution in [3.05, 3.63) is 0 Å². The Morgan fingerprint density at radius 2 is 2.06 bits per heavy atom. The molecule has 1 rings (SSSR count). The standard InChI is InChI=1S/C11H21N3O2/c1-2-6-9-10(15)14(11(16)13-9)8-5-3-4-7-12/h9H,2-8,12H2,1H3,(H,13,16). The van der Waals surface area contributed by atoms with Crippen molar-refractivity contribution >= 4 is 11.9 Å². The van der Waals surface area contributed by atoms with Gasteiger partial charge in [0.05, 0.1) is 0 Å². The maximum atomic E-state index is 11.8. The molecule has 1 aliphatic heterocycles. The Bertz CT molecular complexity index is 256. The SMILES string of the molecule is CCCC1NC(=O)N(CCCCCN)C1=O. The third-order valence-electron chi connectivity index (χ3n) is 2.77. The summed E-state index contributed by atoms with van der Waals surface area (Å²) in [5.41, 5.74) is 5.38. The van der Waals surface area contributed by atoms with Crippen LogP contribution < -0.4 is 11.1 Å². The third kappa shape index (κ3) is 3.20. The molecule has 0 aromatic carbocycles. The van der Waals surface area contributed by atoms with Crippen LogP contribution in [-0.4, -0.2) is 36.0 Å². The molecule has 1 aliphatic rings. The molecule has 16 heavy (non-hydrogen) atoms. The van der Waals surface area contributed by atoms with Crippen LogP contribution in [0.1, 0.15) is 39.0 Å². The number of carbonyl (C=O) groups is 2.